The third-order valence-corrected chi connectivity index (χ3v) is 2.78. The van der Waals surface area contributed by atoms with Gasteiger partial charge < -0.3 is 16.4 Å². The summed E-state index contributed by atoms with van der Waals surface area (Å²) in [5, 5.41) is 6.18. The molecule has 0 amide bonds. The molecule has 16 heavy (non-hydrogen) atoms. The fourth-order valence-corrected chi connectivity index (χ4v) is 1.77. The highest BCUT2D eigenvalue weighted by molar-refractivity contribution is 7.98. The molecule has 0 bridgehead atoms. The van der Waals surface area contributed by atoms with Crippen LogP contribution in [-0.2, 0) is 0 Å². The van der Waals surface area contributed by atoms with Gasteiger partial charge in [0.15, 0.2) is 0 Å². The first-order valence-electron chi connectivity index (χ1n) is 5.31. The summed E-state index contributed by atoms with van der Waals surface area (Å²) in [4.78, 5) is 8.13. The quantitative estimate of drug-likeness (QED) is 0.630. The van der Waals surface area contributed by atoms with E-state index in [0.29, 0.717) is 5.95 Å². The third kappa shape index (κ3) is 4.57. The second-order valence-corrected chi connectivity index (χ2v) is 4.36. The van der Waals surface area contributed by atoms with Gasteiger partial charge in [0, 0.05) is 19.7 Å². The van der Waals surface area contributed by atoms with Crippen LogP contribution in [0.5, 0.6) is 0 Å². The predicted molar refractivity (Wildman–Crippen MR) is 72.1 cm³/mol. The molecule has 0 saturated carbocycles. The Morgan fingerprint density at radius 2 is 2.06 bits per heavy atom. The summed E-state index contributed by atoms with van der Waals surface area (Å²) in [6, 6.07) is 1.85. The molecule has 0 spiro atoms. The van der Waals surface area contributed by atoms with E-state index in [1.54, 1.807) is 0 Å². The number of nitrogens with zero attached hydrogens (tertiary/aromatic N) is 2. The Morgan fingerprint density at radius 1 is 1.31 bits per heavy atom. The summed E-state index contributed by atoms with van der Waals surface area (Å²) in [7, 11) is 1.81. The minimum atomic E-state index is 0.290. The van der Waals surface area contributed by atoms with E-state index in [9.17, 15) is 0 Å². The van der Waals surface area contributed by atoms with E-state index >= 15 is 0 Å². The molecule has 0 aliphatic heterocycles. The van der Waals surface area contributed by atoms with Gasteiger partial charge in [-0.3, -0.25) is 0 Å². The highest BCUT2D eigenvalue weighted by Crippen LogP contribution is 2.11. The number of rotatable bonds is 7. The zero-order valence-corrected chi connectivity index (χ0v) is 10.6. The second-order valence-electron chi connectivity index (χ2n) is 3.37. The summed E-state index contributed by atoms with van der Waals surface area (Å²) in [5.41, 5.74) is 5.58. The average molecular weight is 241 g/mol. The van der Waals surface area contributed by atoms with Gasteiger partial charge in [-0.2, -0.15) is 21.7 Å². The van der Waals surface area contributed by atoms with Crippen molar-refractivity contribution in [1.82, 2.24) is 9.97 Å². The summed E-state index contributed by atoms with van der Waals surface area (Å²) in [5.74, 6) is 3.01. The summed E-state index contributed by atoms with van der Waals surface area (Å²) in [6.07, 6.45) is 4.48. The van der Waals surface area contributed by atoms with Gasteiger partial charge in [0.25, 0.3) is 0 Å². The van der Waals surface area contributed by atoms with Gasteiger partial charge in [-0.15, -0.1) is 0 Å². The van der Waals surface area contributed by atoms with Gasteiger partial charge in [0.2, 0.25) is 5.95 Å². The molecule has 0 aliphatic rings. The Morgan fingerprint density at radius 3 is 2.75 bits per heavy atom. The van der Waals surface area contributed by atoms with Crippen molar-refractivity contribution in [3.63, 3.8) is 0 Å². The van der Waals surface area contributed by atoms with E-state index < -0.39 is 0 Å². The van der Waals surface area contributed by atoms with Crippen molar-refractivity contribution in [1.29, 1.82) is 0 Å². The van der Waals surface area contributed by atoms with Crippen LogP contribution < -0.4 is 16.4 Å². The Balaban J connectivity index is 2.38. The number of nitrogen functional groups attached to an aromatic ring is 1. The lowest BCUT2D eigenvalue weighted by molar-refractivity contribution is 0.839. The van der Waals surface area contributed by atoms with E-state index in [2.05, 4.69) is 26.9 Å². The molecule has 1 rings (SSSR count). The fourth-order valence-electron chi connectivity index (χ4n) is 1.27. The lowest BCUT2D eigenvalue weighted by Gasteiger charge is -2.07. The van der Waals surface area contributed by atoms with Crippen LogP contribution in [0.15, 0.2) is 6.07 Å². The van der Waals surface area contributed by atoms with Crippen LogP contribution in [-0.4, -0.2) is 35.6 Å². The van der Waals surface area contributed by atoms with Crippen LogP contribution in [0.4, 0.5) is 17.6 Å². The molecule has 0 atom stereocenters. The minimum Gasteiger partial charge on any atom is -0.373 e. The van der Waals surface area contributed by atoms with Crippen LogP contribution in [0.25, 0.3) is 0 Å². The predicted octanol–water partition coefficient (Wildman–Crippen LogP) is 1.66. The molecular formula is C10H19N5S. The molecule has 0 aliphatic carbocycles. The molecule has 6 heteroatoms. The maximum absolute atomic E-state index is 5.58. The molecule has 5 nitrogen and oxygen atoms in total. The topological polar surface area (TPSA) is 75.9 Å². The lowest BCUT2D eigenvalue weighted by atomic mass is 10.3. The first-order valence-corrected chi connectivity index (χ1v) is 6.70. The first-order chi connectivity index (χ1) is 7.76. The Labute approximate surface area is 101 Å². The molecule has 1 aromatic rings. The number of nitrogens with two attached hydrogens (primary N) is 1. The summed E-state index contributed by atoms with van der Waals surface area (Å²) in [6.45, 7) is 0.917. The van der Waals surface area contributed by atoms with Crippen LogP contribution in [0.3, 0.4) is 0 Å². The van der Waals surface area contributed by atoms with Crippen molar-refractivity contribution in [3.8, 4) is 0 Å². The smallest absolute Gasteiger partial charge is 0.223 e. The Hall–Kier alpha value is -1.17. The van der Waals surface area contributed by atoms with E-state index in [1.807, 2.05) is 24.9 Å². The molecule has 1 aromatic heterocycles. The van der Waals surface area contributed by atoms with Crippen molar-refractivity contribution in [2.75, 3.05) is 42.0 Å². The first kappa shape index (κ1) is 12.9. The molecule has 90 valence electrons. The highest BCUT2D eigenvalue weighted by atomic mass is 32.2. The van der Waals surface area contributed by atoms with E-state index in [4.69, 9.17) is 5.73 Å². The SMILES string of the molecule is CNc1cc(NCCCCSC)nc(N)n1. The molecule has 0 aromatic carbocycles. The maximum atomic E-state index is 5.58. The van der Waals surface area contributed by atoms with Gasteiger partial charge >= 0.3 is 0 Å². The van der Waals surface area contributed by atoms with E-state index in [1.165, 1.54) is 12.2 Å². The second kappa shape index (κ2) is 7.16. The van der Waals surface area contributed by atoms with Gasteiger partial charge in [-0.25, -0.2) is 0 Å². The number of hydrogen-bond donors (Lipinski definition) is 3. The Kier molecular flexibility index (Phi) is 5.77. The fraction of sp³-hybridized carbons (Fsp3) is 0.600. The molecular weight excluding hydrogens is 222 g/mol. The highest BCUT2D eigenvalue weighted by Gasteiger charge is 1.99. The van der Waals surface area contributed by atoms with Crippen molar-refractivity contribution >= 4 is 29.3 Å². The van der Waals surface area contributed by atoms with Gasteiger partial charge in [-0.1, -0.05) is 0 Å². The molecule has 4 N–H and O–H groups in total. The van der Waals surface area contributed by atoms with E-state index in [-0.39, 0.29) is 0 Å². The van der Waals surface area contributed by atoms with Crippen molar-refractivity contribution in [2.24, 2.45) is 0 Å². The maximum Gasteiger partial charge on any atom is 0.223 e. The zero-order chi connectivity index (χ0) is 11.8. The van der Waals surface area contributed by atoms with Gasteiger partial charge in [0.1, 0.15) is 11.6 Å². The average Bonchev–Trinajstić information content (AvgIpc) is 2.28. The number of hydrogen-bond acceptors (Lipinski definition) is 6. The van der Waals surface area contributed by atoms with Crippen molar-refractivity contribution in [2.45, 2.75) is 12.8 Å². The number of aromatic nitrogens is 2. The monoisotopic (exact) mass is 241 g/mol. The minimum absolute atomic E-state index is 0.290. The largest absolute Gasteiger partial charge is 0.373 e. The van der Waals surface area contributed by atoms with Gasteiger partial charge in [0.05, 0.1) is 0 Å². The van der Waals surface area contributed by atoms with Crippen LogP contribution in [0, 0.1) is 0 Å². The summed E-state index contributed by atoms with van der Waals surface area (Å²) < 4.78 is 0. The number of nitrogens with one attached hydrogen (secondary N) is 2. The van der Waals surface area contributed by atoms with Crippen LogP contribution >= 0.6 is 11.8 Å². The molecule has 1 heterocycles. The zero-order valence-electron chi connectivity index (χ0n) is 9.79. The molecule has 0 saturated heterocycles. The van der Waals surface area contributed by atoms with Crippen LogP contribution in [0.2, 0.25) is 0 Å². The number of unbranched alkanes of at least 4 members (excludes halogenated alkanes) is 1. The standard InChI is InChI=1S/C10H19N5S/c1-12-8-7-9(15-10(11)14-8)13-5-3-4-6-16-2/h7H,3-6H2,1-2H3,(H4,11,12,13,14,15). The Bertz CT molecular complexity index is 318. The van der Waals surface area contributed by atoms with Gasteiger partial charge in [-0.05, 0) is 24.9 Å². The molecule has 0 fully saturated rings. The number of thioether (sulfide) groups is 1. The van der Waals surface area contributed by atoms with E-state index in [0.717, 1.165) is 24.6 Å². The van der Waals surface area contributed by atoms with Crippen molar-refractivity contribution < 1.29 is 0 Å². The summed E-state index contributed by atoms with van der Waals surface area (Å²) >= 11 is 1.87. The van der Waals surface area contributed by atoms with Crippen LogP contribution in [0.1, 0.15) is 12.8 Å². The normalized spacial score (nSPS) is 10.1. The lowest BCUT2D eigenvalue weighted by Crippen LogP contribution is -2.07. The number of anilines is 3. The molecule has 0 unspecified atom stereocenters. The third-order valence-electron chi connectivity index (χ3n) is 2.08. The van der Waals surface area contributed by atoms with Crippen molar-refractivity contribution in [3.05, 3.63) is 6.07 Å². The molecule has 0 radical (unpaired) electrons.